The lowest BCUT2D eigenvalue weighted by molar-refractivity contribution is -0.142. The molecule has 0 bridgehead atoms. The van der Waals surface area contributed by atoms with Gasteiger partial charge in [0.2, 0.25) is 5.91 Å². The van der Waals surface area contributed by atoms with Crippen molar-refractivity contribution in [3.63, 3.8) is 0 Å². The monoisotopic (exact) mass is 256 g/mol. The Morgan fingerprint density at radius 1 is 1.44 bits per heavy atom. The van der Waals surface area contributed by atoms with E-state index in [4.69, 9.17) is 10.8 Å². The van der Waals surface area contributed by atoms with E-state index in [2.05, 4.69) is 5.32 Å². The Morgan fingerprint density at radius 2 is 2.17 bits per heavy atom. The topological polar surface area (TPSA) is 92.4 Å². The molecule has 1 aliphatic carbocycles. The molecule has 0 aromatic carbocycles. The molecule has 1 amide bonds. The highest BCUT2D eigenvalue weighted by Crippen LogP contribution is 2.31. The van der Waals surface area contributed by atoms with Gasteiger partial charge in [-0.1, -0.05) is 26.2 Å². The van der Waals surface area contributed by atoms with Crippen LogP contribution in [0.5, 0.6) is 0 Å². The quantitative estimate of drug-likeness (QED) is 0.636. The van der Waals surface area contributed by atoms with Crippen molar-refractivity contribution in [1.82, 2.24) is 5.32 Å². The Kier molecular flexibility index (Phi) is 6.12. The van der Waals surface area contributed by atoms with E-state index in [1.165, 1.54) is 0 Å². The maximum Gasteiger partial charge on any atom is 0.326 e. The molecule has 5 heteroatoms. The van der Waals surface area contributed by atoms with Crippen LogP contribution in [0.15, 0.2) is 0 Å². The molecule has 1 saturated carbocycles. The number of rotatable bonds is 7. The number of hydrogen-bond acceptors (Lipinski definition) is 3. The highest BCUT2D eigenvalue weighted by atomic mass is 16.4. The fraction of sp³-hybridized carbons (Fsp3) is 0.846. The number of carboxylic acids is 1. The number of carbonyl (C=O) groups is 2. The largest absolute Gasteiger partial charge is 0.480 e. The fourth-order valence-corrected chi connectivity index (χ4v) is 2.61. The molecule has 104 valence electrons. The van der Waals surface area contributed by atoms with Crippen LogP contribution in [0, 0.1) is 11.8 Å². The molecule has 0 spiro atoms. The van der Waals surface area contributed by atoms with E-state index in [-0.39, 0.29) is 17.7 Å². The molecular formula is C13H24N2O3. The highest BCUT2D eigenvalue weighted by molar-refractivity contribution is 5.85. The number of aliphatic carboxylic acids is 1. The van der Waals surface area contributed by atoms with E-state index in [0.717, 1.165) is 32.1 Å². The number of carbonyl (C=O) groups excluding carboxylic acids is 1. The van der Waals surface area contributed by atoms with Crippen LogP contribution in [0.4, 0.5) is 0 Å². The van der Waals surface area contributed by atoms with Gasteiger partial charge in [0.15, 0.2) is 0 Å². The van der Waals surface area contributed by atoms with Gasteiger partial charge in [-0.3, -0.25) is 4.79 Å². The molecule has 1 aliphatic rings. The van der Waals surface area contributed by atoms with Crippen molar-refractivity contribution < 1.29 is 14.7 Å². The second-order valence-electron chi connectivity index (χ2n) is 5.07. The first kappa shape index (κ1) is 15.0. The number of unbranched alkanes of at least 4 members (excludes halogenated alkanes) is 1. The third-order valence-corrected chi connectivity index (χ3v) is 3.76. The molecule has 0 heterocycles. The fourth-order valence-electron chi connectivity index (χ4n) is 2.61. The Balaban J connectivity index is 2.52. The van der Waals surface area contributed by atoms with Crippen LogP contribution < -0.4 is 11.1 Å². The number of nitrogens with one attached hydrogen (secondary N) is 1. The van der Waals surface area contributed by atoms with Crippen molar-refractivity contribution in [2.75, 3.05) is 6.54 Å². The molecule has 0 aromatic heterocycles. The Morgan fingerprint density at radius 3 is 2.72 bits per heavy atom. The number of hydrogen-bond donors (Lipinski definition) is 3. The van der Waals surface area contributed by atoms with E-state index < -0.39 is 12.0 Å². The van der Waals surface area contributed by atoms with Gasteiger partial charge in [0, 0.05) is 5.92 Å². The molecule has 5 nitrogen and oxygen atoms in total. The molecule has 2 unspecified atom stereocenters. The van der Waals surface area contributed by atoms with E-state index in [9.17, 15) is 9.59 Å². The van der Waals surface area contributed by atoms with Crippen LogP contribution in [0.1, 0.15) is 45.4 Å². The average Bonchev–Trinajstić information content (AvgIpc) is 2.82. The van der Waals surface area contributed by atoms with Crippen LogP contribution >= 0.6 is 0 Å². The molecule has 0 aliphatic heterocycles. The van der Waals surface area contributed by atoms with Crippen LogP contribution in [-0.2, 0) is 9.59 Å². The first-order valence-corrected chi connectivity index (χ1v) is 6.83. The smallest absolute Gasteiger partial charge is 0.326 e. The summed E-state index contributed by atoms with van der Waals surface area (Å²) in [5, 5.41) is 11.7. The molecule has 0 aromatic rings. The third kappa shape index (κ3) is 3.98. The minimum absolute atomic E-state index is 0.0986. The van der Waals surface area contributed by atoms with Crippen molar-refractivity contribution in [2.45, 2.75) is 51.5 Å². The standard InChI is InChI=1S/C13H24N2O3/c1-2-3-7-11(13(17)18)15-12(16)10-6-4-5-9(10)8-14/h9-11H,2-8,14H2,1H3,(H,15,16)(H,17,18)/t9?,10?,11-/m0/s1. The summed E-state index contributed by atoms with van der Waals surface area (Å²) < 4.78 is 0. The Labute approximate surface area is 108 Å². The zero-order valence-electron chi connectivity index (χ0n) is 11.0. The Hall–Kier alpha value is -1.10. The van der Waals surface area contributed by atoms with Crippen LogP contribution in [0.25, 0.3) is 0 Å². The van der Waals surface area contributed by atoms with E-state index in [0.29, 0.717) is 13.0 Å². The van der Waals surface area contributed by atoms with Crippen molar-refractivity contribution >= 4 is 11.9 Å². The number of carboxylic acid groups (broad SMARTS) is 1. The summed E-state index contributed by atoms with van der Waals surface area (Å²) in [4.78, 5) is 23.1. The van der Waals surface area contributed by atoms with Crippen LogP contribution in [-0.4, -0.2) is 29.6 Å². The summed E-state index contributed by atoms with van der Waals surface area (Å²) in [6.45, 7) is 2.51. The second kappa shape index (κ2) is 7.36. The average molecular weight is 256 g/mol. The SMILES string of the molecule is CCCC[C@H](NC(=O)C1CCCC1CN)C(=O)O. The zero-order valence-corrected chi connectivity index (χ0v) is 11.0. The molecule has 4 N–H and O–H groups in total. The molecule has 1 rings (SSSR count). The highest BCUT2D eigenvalue weighted by Gasteiger charge is 2.33. The second-order valence-corrected chi connectivity index (χ2v) is 5.07. The lowest BCUT2D eigenvalue weighted by atomic mass is 9.95. The summed E-state index contributed by atoms with van der Waals surface area (Å²) in [7, 11) is 0. The Bertz CT molecular complexity index is 294. The summed E-state index contributed by atoms with van der Waals surface area (Å²) in [5.74, 6) is -0.963. The molecule has 1 fully saturated rings. The molecule has 0 saturated heterocycles. The lowest BCUT2D eigenvalue weighted by Gasteiger charge is -2.20. The van der Waals surface area contributed by atoms with E-state index in [1.807, 2.05) is 6.92 Å². The lowest BCUT2D eigenvalue weighted by Crippen LogP contribution is -2.45. The van der Waals surface area contributed by atoms with Gasteiger partial charge in [-0.15, -0.1) is 0 Å². The maximum atomic E-state index is 12.1. The molecular weight excluding hydrogens is 232 g/mol. The van der Waals surface area contributed by atoms with Crippen LogP contribution in [0.3, 0.4) is 0 Å². The number of amides is 1. The van der Waals surface area contributed by atoms with Crippen molar-refractivity contribution in [2.24, 2.45) is 17.6 Å². The molecule has 18 heavy (non-hydrogen) atoms. The first-order chi connectivity index (χ1) is 8.60. The number of nitrogens with two attached hydrogens (primary N) is 1. The van der Waals surface area contributed by atoms with Crippen molar-refractivity contribution in [1.29, 1.82) is 0 Å². The van der Waals surface area contributed by atoms with Gasteiger partial charge in [0.25, 0.3) is 0 Å². The zero-order chi connectivity index (χ0) is 13.5. The summed E-state index contributed by atoms with van der Waals surface area (Å²) in [5.41, 5.74) is 5.64. The van der Waals surface area contributed by atoms with Crippen molar-refractivity contribution in [3.8, 4) is 0 Å². The van der Waals surface area contributed by atoms with Gasteiger partial charge >= 0.3 is 5.97 Å². The van der Waals surface area contributed by atoms with Gasteiger partial charge in [-0.25, -0.2) is 4.79 Å². The predicted molar refractivity (Wildman–Crippen MR) is 69.0 cm³/mol. The molecule has 0 radical (unpaired) electrons. The van der Waals surface area contributed by atoms with Crippen LogP contribution in [0.2, 0.25) is 0 Å². The maximum absolute atomic E-state index is 12.1. The van der Waals surface area contributed by atoms with E-state index >= 15 is 0 Å². The van der Waals surface area contributed by atoms with Gasteiger partial charge in [0.1, 0.15) is 6.04 Å². The normalized spacial score (nSPS) is 24.8. The van der Waals surface area contributed by atoms with Gasteiger partial charge < -0.3 is 16.2 Å². The molecule has 3 atom stereocenters. The summed E-state index contributed by atoms with van der Waals surface area (Å²) in [6.07, 6.45) is 5.04. The minimum Gasteiger partial charge on any atom is -0.480 e. The van der Waals surface area contributed by atoms with Crippen molar-refractivity contribution in [3.05, 3.63) is 0 Å². The predicted octanol–water partition coefficient (Wildman–Crippen LogP) is 1.12. The van der Waals surface area contributed by atoms with Gasteiger partial charge in [-0.05, 0) is 31.7 Å². The van der Waals surface area contributed by atoms with Gasteiger partial charge in [0.05, 0.1) is 0 Å². The third-order valence-electron chi connectivity index (χ3n) is 3.76. The van der Waals surface area contributed by atoms with E-state index in [1.54, 1.807) is 0 Å². The summed E-state index contributed by atoms with van der Waals surface area (Å²) >= 11 is 0. The summed E-state index contributed by atoms with van der Waals surface area (Å²) in [6, 6.07) is -0.753. The minimum atomic E-state index is -0.945. The van der Waals surface area contributed by atoms with Gasteiger partial charge in [-0.2, -0.15) is 0 Å². The first-order valence-electron chi connectivity index (χ1n) is 6.83.